The molecular weight excluding hydrogens is 324 g/mol. The van der Waals surface area contributed by atoms with E-state index in [-0.39, 0.29) is 11.5 Å². The molecule has 0 bridgehead atoms. The van der Waals surface area contributed by atoms with Crippen LogP contribution in [0.25, 0.3) is 0 Å². The molecule has 1 saturated heterocycles. The van der Waals surface area contributed by atoms with Crippen molar-refractivity contribution < 1.29 is 21.9 Å². The van der Waals surface area contributed by atoms with Crippen molar-refractivity contribution in [2.45, 2.75) is 43.1 Å². The van der Waals surface area contributed by atoms with Crippen LogP contribution in [0.4, 0.5) is 8.78 Å². The molecule has 2 atom stereocenters. The number of hydrogen-bond donors (Lipinski definition) is 0. The summed E-state index contributed by atoms with van der Waals surface area (Å²) in [5, 5.41) is 0. The van der Waals surface area contributed by atoms with Gasteiger partial charge in [-0.15, -0.1) is 0 Å². The normalized spacial score (nSPS) is 29.3. The Labute approximate surface area is 135 Å². The summed E-state index contributed by atoms with van der Waals surface area (Å²) >= 11 is 0. The molecule has 0 N–H and O–H groups in total. The second kappa shape index (κ2) is 6.11. The lowest BCUT2D eigenvalue weighted by atomic mass is 9.77. The van der Waals surface area contributed by atoms with Gasteiger partial charge in [-0.05, 0) is 43.9 Å². The third-order valence-electron chi connectivity index (χ3n) is 5.19. The molecule has 0 amide bonds. The molecule has 4 nitrogen and oxygen atoms in total. The fourth-order valence-corrected chi connectivity index (χ4v) is 5.73. The molecule has 128 valence electrons. The van der Waals surface area contributed by atoms with Crippen LogP contribution in [0.15, 0.2) is 23.1 Å². The van der Waals surface area contributed by atoms with Crippen molar-refractivity contribution in [3.05, 3.63) is 29.8 Å². The van der Waals surface area contributed by atoms with Gasteiger partial charge < -0.3 is 4.74 Å². The van der Waals surface area contributed by atoms with Gasteiger partial charge in [-0.2, -0.15) is 4.31 Å². The van der Waals surface area contributed by atoms with Gasteiger partial charge in [-0.25, -0.2) is 17.2 Å². The van der Waals surface area contributed by atoms with Crippen LogP contribution in [-0.2, 0) is 14.8 Å². The number of ether oxygens (including phenoxy) is 1. The monoisotopic (exact) mass is 345 g/mol. The topological polar surface area (TPSA) is 46.6 Å². The summed E-state index contributed by atoms with van der Waals surface area (Å²) in [4.78, 5) is -0.582. The molecule has 1 aliphatic heterocycles. The summed E-state index contributed by atoms with van der Waals surface area (Å²) in [6.07, 6.45) is 4.46. The SMILES string of the molecule is CO[C@@H]1CCC[C@]12CCCN(S(=O)(=O)c1cc(F)ccc1F)C2. The van der Waals surface area contributed by atoms with Crippen LogP contribution in [-0.4, -0.2) is 39.0 Å². The van der Waals surface area contributed by atoms with Crippen molar-refractivity contribution in [3.8, 4) is 0 Å². The van der Waals surface area contributed by atoms with Crippen LogP contribution < -0.4 is 0 Å². The molecule has 1 spiro atoms. The summed E-state index contributed by atoms with van der Waals surface area (Å²) in [6, 6.07) is 2.54. The average Bonchev–Trinajstić information content (AvgIpc) is 2.91. The van der Waals surface area contributed by atoms with E-state index in [0.717, 1.165) is 43.9 Å². The minimum absolute atomic E-state index is 0.0258. The predicted octanol–water partition coefficient (Wildman–Crippen LogP) is 2.93. The van der Waals surface area contributed by atoms with Gasteiger partial charge in [0.1, 0.15) is 16.5 Å². The van der Waals surface area contributed by atoms with Gasteiger partial charge in [0.05, 0.1) is 6.10 Å². The van der Waals surface area contributed by atoms with E-state index < -0.39 is 26.6 Å². The molecule has 0 radical (unpaired) electrons. The lowest BCUT2D eigenvalue weighted by Gasteiger charge is -2.43. The second-order valence-corrected chi connectivity index (χ2v) is 8.40. The number of sulfonamides is 1. The van der Waals surface area contributed by atoms with Gasteiger partial charge in [0.2, 0.25) is 10.0 Å². The fourth-order valence-electron chi connectivity index (χ4n) is 4.08. The third kappa shape index (κ3) is 2.90. The average molecular weight is 345 g/mol. The van der Waals surface area contributed by atoms with Gasteiger partial charge in [0.25, 0.3) is 0 Å². The fraction of sp³-hybridized carbons (Fsp3) is 0.625. The van der Waals surface area contributed by atoms with Crippen LogP contribution in [0.5, 0.6) is 0 Å². The van der Waals surface area contributed by atoms with Crippen molar-refractivity contribution in [3.63, 3.8) is 0 Å². The van der Waals surface area contributed by atoms with E-state index in [1.807, 2.05) is 0 Å². The molecule has 1 saturated carbocycles. The molecule has 2 fully saturated rings. The Hall–Kier alpha value is -1.05. The summed E-state index contributed by atoms with van der Waals surface area (Å²) in [6.45, 7) is 0.639. The van der Waals surface area contributed by atoms with E-state index in [0.29, 0.717) is 19.5 Å². The molecule has 2 aliphatic rings. The van der Waals surface area contributed by atoms with Gasteiger partial charge in [0.15, 0.2) is 0 Å². The Kier molecular flexibility index (Phi) is 4.46. The van der Waals surface area contributed by atoms with Crippen LogP contribution in [0.3, 0.4) is 0 Å². The van der Waals surface area contributed by atoms with Crippen molar-refractivity contribution >= 4 is 10.0 Å². The van der Waals surface area contributed by atoms with Crippen LogP contribution in [0.1, 0.15) is 32.1 Å². The molecule has 1 aliphatic carbocycles. The van der Waals surface area contributed by atoms with E-state index in [9.17, 15) is 17.2 Å². The number of piperidine rings is 1. The molecular formula is C16H21F2NO3S. The maximum absolute atomic E-state index is 13.9. The Bertz CT molecular complexity index is 695. The standard InChI is InChI=1S/C16H21F2NO3S/c1-22-15-4-2-7-16(15)8-3-9-19(11-16)23(20,21)14-10-12(17)5-6-13(14)18/h5-6,10,15H,2-4,7-9,11H2,1H3/t15-,16-/m1/s1. The number of benzene rings is 1. The lowest BCUT2D eigenvalue weighted by molar-refractivity contribution is -0.0185. The van der Waals surface area contributed by atoms with Crippen molar-refractivity contribution in [2.24, 2.45) is 5.41 Å². The van der Waals surface area contributed by atoms with Crippen LogP contribution in [0.2, 0.25) is 0 Å². The highest BCUT2D eigenvalue weighted by atomic mass is 32.2. The minimum atomic E-state index is -4.05. The van der Waals surface area contributed by atoms with E-state index in [1.54, 1.807) is 7.11 Å². The lowest BCUT2D eigenvalue weighted by Crippen LogP contribution is -2.49. The number of nitrogens with zero attached hydrogens (tertiary/aromatic N) is 1. The smallest absolute Gasteiger partial charge is 0.246 e. The van der Waals surface area contributed by atoms with Gasteiger partial charge in [-0.3, -0.25) is 0 Å². The van der Waals surface area contributed by atoms with Crippen molar-refractivity contribution in [1.29, 1.82) is 0 Å². The first kappa shape index (κ1) is 16.8. The van der Waals surface area contributed by atoms with E-state index in [1.165, 1.54) is 4.31 Å². The predicted molar refractivity (Wildman–Crippen MR) is 81.4 cm³/mol. The Morgan fingerprint density at radius 3 is 2.74 bits per heavy atom. The Balaban J connectivity index is 1.93. The van der Waals surface area contributed by atoms with Gasteiger partial charge >= 0.3 is 0 Å². The molecule has 1 aromatic carbocycles. The molecule has 3 rings (SSSR count). The molecule has 23 heavy (non-hydrogen) atoms. The first-order valence-electron chi connectivity index (χ1n) is 7.87. The highest BCUT2D eigenvalue weighted by Gasteiger charge is 2.48. The summed E-state index contributed by atoms with van der Waals surface area (Å²) in [5.74, 6) is -1.67. The maximum atomic E-state index is 13.9. The molecule has 7 heteroatoms. The second-order valence-electron chi connectivity index (χ2n) is 6.50. The third-order valence-corrected chi connectivity index (χ3v) is 7.05. The van der Waals surface area contributed by atoms with Crippen LogP contribution in [0, 0.1) is 17.0 Å². The summed E-state index contributed by atoms with van der Waals surface area (Å²) in [7, 11) is -2.40. The Morgan fingerprint density at radius 1 is 1.26 bits per heavy atom. The quantitative estimate of drug-likeness (QED) is 0.846. The molecule has 0 unspecified atom stereocenters. The first-order valence-corrected chi connectivity index (χ1v) is 9.31. The molecule has 0 aromatic heterocycles. The van der Waals surface area contributed by atoms with E-state index in [4.69, 9.17) is 4.74 Å². The number of methoxy groups -OCH3 is 1. The largest absolute Gasteiger partial charge is 0.381 e. The van der Waals surface area contributed by atoms with Gasteiger partial charge in [-0.1, -0.05) is 6.42 Å². The van der Waals surface area contributed by atoms with Gasteiger partial charge in [0, 0.05) is 25.6 Å². The minimum Gasteiger partial charge on any atom is -0.381 e. The summed E-state index contributed by atoms with van der Waals surface area (Å²) in [5.41, 5.74) is -0.204. The number of hydrogen-bond acceptors (Lipinski definition) is 3. The maximum Gasteiger partial charge on any atom is 0.246 e. The number of halogens is 2. The van der Waals surface area contributed by atoms with Crippen molar-refractivity contribution in [2.75, 3.05) is 20.2 Å². The highest BCUT2D eigenvalue weighted by Crippen LogP contribution is 2.47. The van der Waals surface area contributed by atoms with Crippen LogP contribution >= 0.6 is 0 Å². The zero-order valence-corrected chi connectivity index (χ0v) is 13.9. The Morgan fingerprint density at radius 2 is 2.00 bits per heavy atom. The first-order chi connectivity index (χ1) is 10.9. The zero-order chi connectivity index (χ0) is 16.7. The highest BCUT2D eigenvalue weighted by molar-refractivity contribution is 7.89. The number of rotatable bonds is 3. The van der Waals surface area contributed by atoms with E-state index >= 15 is 0 Å². The zero-order valence-electron chi connectivity index (χ0n) is 13.1. The molecule has 1 aromatic rings. The van der Waals surface area contributed by atoms with E-state index in [2.05, 4.69) is 0 Å². The molecule has 1 heterocycles. The van der Waals surface area contributed by atoms with Crippen molar-refractivity contribution in [1.82, 2.24) is 4.31 Å². The summed E-state index contributed by atoms with van der Waals surface area (Å²) < 4.78 is 59.7.